The third kappa shape index (κ3) is 5.96. The normalized spacial score (nSPS) is 24.9. The summed E-state index contributed by atoms with van der Waals surface area (Å²) in [6.45, 7) is 7.23. The van der Waals surface area contributed by atoms with E-state index in [1.165, 1.54) is 11.8 Å². The lowest BCUT2D eigenvalue weighted by Gasteiger charge is -2.41. The maximum absolute atomic E-state index is 14.0. The molecule has 10 nitrogen and oxygen atoms in total. The summed E-state index contributed by atoms with van der Waals surface area (Å²) in [5.74, 6) is -2.70. The van der Waals surface area contributed by atoms with E-state index in [1.807, 2.05) is 31.2 Å². The van der Waals surface area contributed by atoms with Crippen LogP contribution in [-0.4, -0.2) is 86.6 Å². The summed E-state index contributed by atoms with van der Waals surface area (Å²) in [7, 11) is 0. The van der Waals surface area contributed by atoms with Crippen LogP contribution in [0.5, 0.6) is 0 Å². The summed E-state index contributed by atoms with van der Waals surface area (Å²) in [5.41, 5.74) is 6.01. The number of aryl methyl sites for hydroxylation is 1. The van der Waals surface area contributed by atoms with Crippen molar-refractivity contribution in [3.63, 3.8) is 0 Å². The molecule has 0 saturated carbocycles. The predicted molar refractivity (Wildman–Crippen MR) is 137 cm³/mol. The molecule has 37 heavy (non-hydrogen) atoms. The molecular formula is C27H40N4O6. The number of carbonyl (C=O) groups excluding carboxylic acids is 4. The Morgan fingerprint density at radius 1 is 1.05 bits per heavy atom. The molecule has 1 aromatic carbocycles. The van der Waals surface area contributed by atoms with Crippen molar-refractivity contribution >= 4 is 23.6 Å². The fourth-order valence-corrected chi connectivity index (χ4v) is 5.38. The Bertz CT molecular complexity index is 1010. The Balaban J connectivity index is 1.97. The molecule has 10 heteroatoms. The number of aliphatic hydroxyl groups excluding tert-OH is 2. The highest BCUT2D eigenvalue weighted by molar-refractivity contribution is 5.97. The minimum atomic E-state index is -1.32. The number of primary amides is 1. The van der Waals surface area contributed by atoms with Gasteiger partial charge in [-0.3, -0.25) is 19.2 Å². The van der Waals surface area contributed by atoms with E-state index in [9.17, 15) is 29.4 Å². The predicted octanol–water partition coefficient (Wildman–Crippen LogP) is 0.258. The van der Waals surface area contributed by atoms with E-state index in [2.05, 4.69) is 5.32 Å². The van der Waals surface area contributed by atoms with Gasteiger partial charge in [0.15, 0.2) is 0 Å². The van der Waals surface area contributed by atoms with Gasteiger partial charge in [-0.05, 0) is 52.0 Å². The fraction of sp³-hybridized carbons (Fsp3) is 0.630. The van der Waals surface area contributed by atoms with Gasteiger partial charge in [0.2, 0.25) is 23.6 Å². The molecule has 2 aliphatic heterocycles. The molecule has 2 aliphatic rings. The number of hydrogen-bond acceptors (Lipinski definition) is 6. The van der Waals surface area contributed by atoms with Crippen molar-refractivity contribution in [3.8, 4) is 0 Å². The van der Waals surface area contributed by atoms with Gasteiger partial charge in [0.25, 0.3) is 0 Å². The van der Waals surface area contributed by atoms with Crippen LogP contribution >= 0.6 is 0 Å². The number of aliphatic hydroxyl groups is 2. The van der Waals surface area contributed by atoms with Crippen molar-refractivity contribution in [2.75, 3.05) is 13.1 Å². The standard InChI is InChI=1S/C27H40N4O6/c1-16-8-10-20(11-9-16)15-27(26(37)29-22(19(4)33)23(28)34)12-6-14-31(27)25(36)21-7-5-13-30(21)24(35)17(2)18(3)32/h8-11,17-19,21-22,32-33H,5-7,12-15H2,1-4H3,(H2,28,34)(H,29,37)/t17-,18+,19+,21-,22-,27?/m0/s1. The lowest BCUT2D eigenvalue weighted by molar-refractivity contribution is -0.153. The van der Waals surface area contributed by atoms with Crippen molar-refractivity contribution in [2.45, 2.75) is 89.6 Å². The highest BCUT2D eigenvalue weighted by Crippen LogP contribution is 2.36. The summed E-state index contributed by atoms with van der Waals surface area (Å²) >= 11 is 0. The molecule has 2 fully saturated rings. The zero-order chi connectivity index (χ0) is 27.5. The van der Waals surface area contributed by atoms with E-state index in [-0.39, 0.29) is 18.2 Å². The van der Waals surface area contributed by atoms with Gasteiger partial charge in [-0.15, -0.1) is 0 Å². The summed E-state index contributed by atoms with van der Waals surface area (Å²) in [5, 5.41) is 22.6. The van der Waals surface area contributed by atoms with Crippen molar-refractivity contribution in [1.29, 1.82) is 0 Å². The molecule has 0 aromatic heterocycles. The van der Waals surface area contributed by atoms with Gasteiger partial charge in [-0.1, -0.05) is 36.8 Å². The van der Waals surface area contributed by atoms with Gasteiger partial charge >= 0.3 is 0 Å². The van der Waals surface area contributed by atoms with E-state index in [1.54, 1.807) is 18.7 Å². The highest BCUT2D eigenvalue weighted by Gasteiger charge is 2.53. The van der Waals surface area contributed by atoms with Crippen molar-refractivity contribution in [1.82, 2.24) is 15.1 Å². The zero-order valence-electron chi connectivity index (χ0n) is 22.1. The van der Waals surface area contributed by atoms with Crippen LogP contribution in [0.1, 0.15) is 57.6 Å². The number of likely N-dealkylation sites (tertiary alicyclic amines) is 2. The summed E-state index contributed by atoms with van der Waals surface area (Å²) in [6.07, 6.45) is 0.168. The summed E-state index contributed by atoms with van der Waals surface area (Å²) in [4.78, 5) is 56.0. The first kappa shape index (κ1) is 28.6. The zero-order valence-corrected chi connectivity index (χ0v) is 22.1. The van der Waals surface area contributed by atoms with Crippen LogP contribution in [0.4, 0.5) is 0 Å². The van der Waals surface area contributed by atoms with Gasteiger partial charge in [0.1, 0.15) is 17.6 Å². The van der Waals surface area contributed by atoms with E-state index < -0.39 is 47.6 Å². The molecule has 0 aliphatic carbocycles. The van der Waals surface area contributed by atoms with E-state index >= 15 is 0 Å². The van der Waals surface area contributed by atoms with Crippen LogP contribution < -0.4 is 11.1 Å². The molecule has 2 heterocycles. The first-order valence-electron chi connectivity index (χ1n) is 13.0. The second-order valence-corrected chi connectivity index (χ2v) is 10.6. The summed E-state index contributed by atoms with van der Waals surface area (Å²) < 4.78 is 0. The van der Waals surface area contributed by atoms with E-state index in [4.69, 9.17) is 5.73 Å². The molecule has 4 amide bonds. The number of benzene rings is 1. The number of hydrogen-bond donors (Lipinski definition) is 4. The minimum Gasteiger partial charge on any atom is -0.393 e. The van der Waals surface area contributed by atoms with E-state index in [0.29, 0.717) is 38.8 Å². The molecular weight excluding hydrogens is 476 g/mol. The van der Waals surface area contributed by atoms with Gasteiger partial charge in [-0.25, -0.2) is 0 Å². The van der Waals surface area contributed by atoms with Crippen molar-refractivity contribution in [2.24, 2.45) is 11.7 Å². The third-order valence-corrected chi connectivity index (χ3v) is 7.80. The molecule has 1 aromatic rings. The first-order valence-corrected chi connectivity index (χ1v) is 13.0. The number of carbonyl (C=O) groups is 4. The van der Waals surface area contributed by atoms with Crippen LogP contribution in [0.15, 0.2) is 24.3 Å². The quantitative estimate of drug-likeness (QED) is 0.369. The second kappa shape index (κ2) is 11.6. The topological polar surface area (TPSA) is 153 Å². The lowest BCUT2D eigenvalue weighted by Crippen LogP contribution is -2.65. The molecule has 1 unspecified atom stereocenters. The molecule has 2 saturated heterocycles. The van der Waals surface area contributed by atoms with Crippen LogP contribution in [0.25, 0.3) is 0 Å². The highest BCUT2D eigenvalue weighted by atomic mass is 16.3. The van der Waals surface area contributed by atoms with Crippen molar-refractivity contribution in [3.05, 3.63) is 35.4 Å². The molecule has 0 bridgehead atoms. The Morgan fingerprint density at radius 3 is 2.27 bits per heavy atom. The molecule has 0 radical (unpaired) electrons. The SMILES string of the molecule is Cc1ccc(CC2(C(=O)N[C@H](C(N)=O)[C@@H](C)O)CCCN2C(=O)[C@@H]2CCCN2C(=O)[C@@H](C)[C@@H](C)O)cc1. The third-order valence-electron chi connectivity index (χ3n) is 7.80. The Kier molecular flexibility index (Phi) is 8.96. The Hall–Kier alpha value is -2.98. The summed E-state index contributed by atoms with van der Waals surface area (Å²) in [6, 6.07) is 5.62. The number of nitrogens with one attached hydrogen (secondary N) is 1. The number of amides is 4. The van der Waals surface area contributed by atoms with Gasteiger partial charge in [-0.2, -0.15) is 0 Å². The Morgan fingerprint density at radius 2 is 1.70 bits per heavy atom. The minimum absolute atomic E-state index is 0.209. The van der Waals surface area contributed by atoms with Crippen molar-refractivity contribution < 1.29 is 29.4 Å². The monoisotopic (exact) mass is 516 g/mol. The van der Waals surface area contributed by atoms with Gasteiger partial charge in [0.05, 0.1) is 18.1 Å². The smallest absolute Gasteiger partial charge is 0.247 e. The largest absolute Gasteiger partial charge is 0.393 e. The molecule has 5 N–H and O–H groups in total. The second-order valence-electron chi connectivity index (χ2n) is 10.6. The molecule has 3 rings (SSSR count). The van der Waals surface area contributed by atoms with Gasteiger partial charge in [0, 0.05) is 19.5 Å². The first-order chi connectivity index (χ1) is 17.4. The number of nitrogens with two attached hydrogens (primary N) is 1. The lowest BCUT2D eigenvalue weighted by atomic mass is 9.85. The van der Waals surface area contributed by atoms with Crippen LogP contribution in [-0.2, 0) is 25.6 Å². The van der Waals surface area contributed by atoms with Crippen LogP contribution in [0.2, 0.25) is 0 Å². The van der Waals surface area contributed by atoms with Crippen LogP contribution in [0, 0.1) is 12.8 Å². The molecule has 204 valence electrons. The number of nitrogens with zero attached hydrogens (tertiary/aromatic N) is 2. The maximum atomic E-state index is 14.0. The average Bonchev–Trinajstić information content (AvgIpc) is 3.50. The molecule has 6 atom stereocenters. The fourth-order valence-electron chi connectivity index (χ4n) is 5.38. The van der Waals surface area contributed by atoms with Crippen LogP contribution in [0.3, 0.4) is 0 Å². The molecule has 0 spiro atoms. The average molecular weight is 517 g/mol. The Labute approximate surface area is 218 Å². The number of rotatable bonds is 9. The van der Waals surface area contributed by atoms with Gasteiger partial charge < -0.3 is 31.1 Å². The van der Waals surface area contributed by atoms with E-state index in [0.717, 1.165) is 11.1 Å². The maximum Gasteiger partial charge on any atom is 0.247 e.